The van der Waals surface area contributed by atoms with Crippen molar-refractivity contribution in [1.29, 1.82) is 0 Å². The number of hydrogen-bond acceptors (Lipinski definition) is 3. The maximum atomic E-state index is 6.20. The highest BCUT2D eigenvalue weighted by molar-refractivity contribution is 5.66. The van der Waals surface area contributed by atoms with Gasteiger partial charge in [0.1, 0.15) is 0 Å². The molecule has 0 unspecified atom stereocenters. The molecule has 0 aliphatic carbocycles. The molecule has 1 aromatic heterocycles. The lowest BCUT2D eigenvalue weighted by molar-refractivity contribution is 0.525. The topological polar surface area (TPSA) is 47.1 Å². The van der Waals surface area contributed by atoms with Gasteiger partial charge in [-0.25, -0.2) is 4.68 Å². The first-order chi connectivity index (χ1) is 9.40. The Bertz CT molecular complexity index is 599. The maximum Gasteiger partial charge on any atom is 0.150 e. The highest BCUT2D eigenvalue weighted by Crippen LogP contribution is 2.29. The molecule has 2 rings (SSSR count). The summed E-state index contributed by atoms with van der Waals surface area (Å²) >= 11 is 0. The summed E-state index contributed by atoms with van der Waals surface area (Å²) in [7, 11) is 2.06. The van der Waals surface area contributed by atoms with Gasteiger partial charge in [-0.3, -0.25) is 0 Å². The minimum absolute atomic E-state index is 0.293. The first-order valence-corrected chi connectivity index (χ1v) is 7.01. The van der Waals surface area contributed by atoms with Gasteiger partial charge in [0.15, 0.2) is 5.82 Å². The molecule has 4 nitrogen and oxygen atoms in total. The van der Waals surface area contributed by atoms with Crippen molar-refractivity contribution in [3.05, 3.63) is 41.1 Å². The smallest absolute Gasteiger partial charge is 0.150 e. The highest BCUT2D eigenvalue weighted by atomic mass is 15.4. The molecule has 1 aromatic carbocycles. The average molecular weight is 272 g/mol. The molecule has 0 saturated carbocycles. The van der Waals surface area contributed by atoms with Crippen molar-refractivity contribution in [3.63, 3.8) is 0 Å². The number of aromatic nitrogens is 2. The van der Waals surface area contributed by atoms with Crippen LogP contribution in [0.15, 0.2) is 24.3 Å². The first kappa shape index (κ1) is 14.4. The van der Waals surface area contributed by atoms with Crippen LogP contribution in [-0.2, 0) is 6.54 Å². The van der Waals surface area contributed by atoms with Crippen LogP contribution in [0.5, 0.6) is 0 Å². The van der Waals surface area contributed by atoms with Crippen LogP contribution in [0.2, 0.25) is 0 Å². The Kier molecular flexibility index (Phi) is 4.02. The fourth-order valence-electron chi connectivity index (χ4n) is 2.45. The van der Waals surface area contributed by atoms with Gasteiger partial charge in [-0.2, -0.15) is 5.10 Å². The Morgan fingerprint density at radius 2 is 2.00 bits per heavy atom. The summed E-state index contributed by atoms with van der Waals surface area (Å²) in [5.74, 6) is 0.999. The first-order valence-electron chi connectivity index (χ1n) is 7.01. The summed E-state index contributed by atoms with van der Waals surface area (Å²) < 4.78 is 2.00. The molecule has 0 spiro atoms. The Labute approximate surface area is 121 Å². The Morgan fingerprint density at radius 3 is 2.60 bits per heavy atom. The van der Waals surface area contributed by atoms with Crippen molar-refractivity contribution in [1.82, 2.24) is 9.78 Å². The van der Waals surface area contributed by atoms with Gasteiger partial charge in [0.05, 0.1) is 11.4 Å². The monoisotopic (exact) mass is 272 g/mol. The molecule has 0 aliphatic heterocycles. The van der Waals surface area contributed by atoms with E-state index in [0.717, 1.165) is 23.7 Å². The van der Waals surface area contributed by atoms with E-state index in [1.165, 1.54) is 11.1 Å². The quantitative estimate of drug-likeness (QED) is 0.929. The van der Waals surface area contributed by atoms with Crippen molar-refractivity contribution in [2.45, 2.75) is 40.3 Å². The number of anilines is 2. The zero-order chi connectivity index (χ0) is 14.9. The van der Waals surface area contributed by atoms with E-state index in [4.69, 9.17) is 5.73 Å². The molecule has 0 bridgehead atoms. The number of aryl methyl sites for hydroxylation is 2. The van der Waals surface area contributed by atoms with E-state index in [2.05, 4.69) is 62.1 Å². The van der Waals surface area contributed by atoms with Gasteiger partial charge in [0.25, 0.3) is 0 Å². The third-order valence-corrected chi connectivity index (χ3v) is 3.46. The molecule has 0 fully saturated rings. The number of benzene rings is 1. The number of rotatable bonds is 4. The summed E-state index contributed by atoms with van der Waals surface area (Å²) in [6.07, 6.45) is 0. The zero-order valence-corrected chi connectivity index (χ0v) is 13.0. The Hall–Kier alpha value is -1.97. The van der Waals surface area contributed by atoms with Crippen molar-refractivity contribution in [3.8, 4) is 0 Å². The summed E-state index contributed by atoms with van der Waals surface area (Å²) in [6, 6.07) is 8.84. The summed E-state index contributed by atoms with van der Waals surface area (Å²) in [6.45, 7) is 9.13. The molecule has 0 amide bonds. The number of nitrogens with two attached hydrogens (primary N) is 1. The maximum absolute atomic E-state index is 6.20. The fraction of sp³-hybridized carbons (Fsp3) is 0.438. The van der Waals surface area contributed by atoms with Gasteiger partial charge in [-0.05, 0) is 33.3 Å². The molecule has 0 radical (unpaired) electrons. The van der Waals surface area contributed by atoms with Crippen LogP contribution < -0.4 is 10.6 Å². The lowest BCUT2D eigenvalue weighted by Crippen LogP contribution is -2.22. The van der Waals surface area contributed by atoms with Crippen LogP contribution in [0.1, 0.15) is 36.7 Å². The Morgan fingerprint density at radius 1 is 1.30 bits per heavy atom. The molecule has 1 heterocycles. The summed E-state index contributed by atoms with van der Waals surface area (Å²) in [5, 5.41) is 4.54. The highest BCUT2D eigenvalue weighted by Gasteiger charge is 2.18. The second-order valence-electron chi connectivity index (χ2n) is 5.71. The molecular formula is C16H24N4. The second kappa shape index (κ2) is 5.57. The SMILES string of the molecule is Cc1cccc(CN(C)c2c(N)c(C)nn2C(C)C)c1. The van der Waals surface area contributed by atoms with E-state index in [1.54, 1.807) is 0 Å². The van der Waals surface area contributed by atoms with Gasteiger partial charge in [-0.1, -0.05) is 29.8 Å². The predicted molar refractivity (Wildman–Crippen MR) is 85.0 cm³/mol. The number of hydrogen-bond donors (Lipinski definition) is 1. The standard InChI is InChI=1S/C16H24N4/c1-11(2)20-16(15(17)13(4)18-20)19(5)10-14-8-6-7-12(3)9-14/h6-9,11H,10,17H2,1-5H3. The third-order valence-electron chi connectivity index (χ3n) is 3.46. The molecule has 0 aliphatic rings. The average Bonchev–Trinajstić information content (AvgIpc) is 2.66. The predicted octanol–water partition coefficient (Wildman–Crippen LogP) is 3.30. The third kappa shape index (κ3) is 2.79. The van der Waals surface area contributed by atoms with Crippen LogP contribution in [0.3, 0.4) is 0 Å². The second-order valence-corrected chi connectivity index (χ2v) is 5.71. The minimum atomic E-state index is 0.293. The van der Waals surface area contributed by atoms with Gasteiger partial charge < -0.3 is 10.6 Å². The molecule has 108 valence electrons. The Balaban J connectivity index is 2.31. The molecule has 0 atom stereocenters. The van der Waals surface area contributed by atoms with Crippen LogP contribution in [0.25, 0.3) is 0 Å². The fourth-order valence-corrected chi connectivity index (χ4v) is 2.45. The van der Waals surface area contributed by atoms with E-state index in [1.807, 2.05) is 11.6 Å². The molecule has 20 heavy (non-hydrogen) atoms. The van der Waals surface area contributed by atoms with E-state index in [-0.39, 0.29) is 0 Å². The lowest BCUT2D eigenvalue weighted by atomic mass is 10.1. The van der Waals surface area contributed by atoms with Gasteiger partial charge in [0.2, 0.25) is 0 Å². The van der Waals surface area contributed by atoms with Crippen LogP contribution >= 0.6 is 0 Å². The largest absolute Gasteiger partial charge is 0.394 e. The van der Waals surface area contributed by atoms with Crippen molar-refractivity contribution in [2.24, 2.45) is 0 Å². The van der Waals surface area contributed by atoms with Crippen LogP contribution in [-0.4, -0.2) is 16.8 Å². The van der Waals surface area contributed by atoms with Gasteiger partial charge >= 0.3 is 0 Å². The van der Waals surface area contributed by atoms with E-state index >= 15 is 0 Å². The van der Waals surface area contributed by atoms with E-state index in [9.17, 15) is 0 Å². The molecule has 2 aromatic rings. The van der Waals surface area contributed by atoms with E-state index < -0.39 is 0 Å². The molecular weight excluding hydrogens is 248 g/mol. The lowest BCUT2D eigenvalue weighted by Gasteiger charge is -2.23. The molecule has 0 saturated heterocycles. The zero-order valence-electron chi connectivity index (χ0n) is 13.0. The van der Waals surface area contributed by atoms with Crippen molar-refractivity contribution >= 4 is 11.5 Å². The minimum Gasteiger partial charge on any atom is -0.394 e. The normalized spacial score (nSPS) is 11.1. The molecule has 2 N–H and O–H groups in total. The van der Waals surface area contributed by atoms with Gasteiger partial charge in [0, 0.05) is 19.6 Å². The summed E-state index contributed by atoms with van der Waals surface area (Å²) in [4.78, 5) is 2.17. The summed E-state index contributed by atoms with van der Waals surface area (Å²) in [5.41, 5.74) is 10.4. The van der Waals surface area contributed by atoms with Crippen LogP contribution in [0.4, 0.5) is 11.5 Å². The number of nitrogen functional groups attached to an aromatic ring is 1. The van der Waals surface area contributed by atoms with Crippen molar-refractivity contribution < 1.29 is 0 Å². The van der Waals surface area contributed by atoms with Gasteiger partial charge in [-0.15, -0.1) is 0 Å². The molecule has 4 heteroatoms. The van der Waals surface area contributed by atoms with E-state index in [0.29, 0.717) is 6.04 Å². The van der Waals surface area contributed by atoms with Crippen molar-refractivity contribution in [2.75, 3.05) is 17.7 Å². The number of nitrogens with zero attached hydrogens (tertiary/aromatic N) is 3. The van der Waals surface area contributed by atoms with Crippen LogP contribution in [0, 0.1) is 13.8 Å².